The molecule has 1 heterocycles. The lowest BCUT2D eigenvalue weighted by Crippen LogP contribution is -2.39. The van der Waals surface area contributed by atoms with Gasteiger partial charge in [0, 0.05) is 18.7 Å². The van der Waals surface area contributed by atoms with Gasteiger partial charge in [-0.1, -0.05) is 12.1 Å². The van der Waals surface area contributed by atoms with Crippen LogP contribution in [0, 0.1) is 12.7 Å². The highest BCUT2D eigenvalue weighted by molar-refractivity contribution is 14.0. The summed E-state index contributed by atoms with van der Waals surface area (Å²) in [5.41, 5.74) is 3.44. The minimum Gasteiger partial charge on any atom is -0.492 e. The predicted molar refractivity (Wildman–Crippen MR) is 133 cm³/mol. The Labute approximate surface area is 200 Å². The van der Waals surface area contributed by atoms with Crippen LogP contribution in [0.1, 0.15) is 43.0 Å². The molecule has 0 saturated carbocycles. The number of guanidine groups is 1. The van der Waals surface area contributed by atoms with Crippen molar-refractivity contribution in [2.45, 2.75) is 39.7 Å². The number of fused-ring (bicyclic) bond motifs is 1. The molecule has 0 radical (unpaired) electrons. The van der Waals surface area contributed by atoms with Gasteiger partial charge in [-0.3, -0.25) is 4.79 Å². The number of anilines is 1. The van der Waals surface area contributed by atoms with Crippen LogP contribution in [0.25, 0.3) is 0 Å². The lowest BCUT2D eigenvalue weighted by molar-refractivity contribution is -0.116. The van der Waals surface area contributed by atoms with Crippen LogP contribution in [0.15, 0.2) is 41.4 Å². The highest BCUT2D eigenvalue weighted by atomic mass is 127. The molecular weight excluding hydrogens is 510 g/mol. The number of hydrogen-bond donors (Lipinski definition) is 3. The first kappa shape index (κ1) is 24.9. The minimum absolute atomic E-state index is 0. The molecule has 0 saturated heterocycles. The average Bonchev–Trinajstić information content (AvgIpc) is 2.73. The van der Waals surface area contributed by atoms with E-state index in [1.165, 1.54) is 0 Å². The zero-order valence-corrected chi connectivity index (χ0v) is 20.5. The fraction of sp³-hybridized carbons (Fsp3) is 0.391. The second kappa shape index (κ2) is 11.9. The van der Waals surface area contributed by atoms with Crippen molar-refractivity contribution in [3.05, 3.63) is 58.9 Å². The average molecular weight is 540 g/mol. The first-order chi connectivity index (χ1) is 14.5. The monoisotopic (exact) mass is 540 g/mol. The maximum Gasteiger partial charge on any atom is 0.224 e. The number of amides is 1. The molecule has 3 N–H and O–H groups in total. The number of aliphatic imine (C=N–C) groups is 1. The van der Waals surface area contributed by atoms with Gasteiger partial charge < -0.3 is 20.7 Å². The fourth-order valence-electron chi connectivity index (χ4n) is 3.26. The van der Waals surface area contributed by atoms with Gasteiger partial charge >= 0.3 is 0 Å². The Morgan fingerprint density at radius 1 is 1.26 bits per heavy atom. The fourth-order valence-corrected chi connectivity index (χ4v) is 3.26. The maximum atomic E-state index is 13.8. The summed E-state index contributed by atoms with van der Waals surface area (Å²) >= 11 is 0. The summed E-state index contributed by atoms with van der Waals surface area (Å²) in [7, 11) is 0. The number of carbonyl (C=O) groups excluding carboxylic acids is 1. The van der Waals surface area contributed by atoms with Crippen LogP contribution in [0.5, 0.6) is 5.75 Å². The predicted octanol–water partition coefficient (Wildman–Crippen LogP) is 4.33. The van der Waals surface area contributed by atoms with Gasteiger partial charge in [0.05, 0.1) is 12.6 Å². The van der Waals surface area contributed by atoms with Crippen molar-refractivity contribution in [1.29, 1.82) is 0 Å². The molecule has 0 aliphatic carbocycles. The zero-order chi connectivity index (χ0) is 21.5. The van der Waals surface area contributed by atoms with Crippen LogP contribution in [0.4, 0.5) is 10.1 Å². The van der Waals surface area contributed by atoms with Crippen LogP contribution in [0.3, 0.4) is 0 Å². The summed E-state index contributed by atoms with van der Waals surface area (Å²) in [6.07, 6.45) is 1.23. The van der Waals surface area contributed by atoms with Crippen LogP contribution in [0.2, 0.25) is 0 Å². The number of benzene rings is 2. The van der Waals surface area contributed by atoms with Crippen LogP contribution >= 0.6 is 24.0 Å². The Balaban J connectivity index is 0.00000341. The smallest absolute Gasteiger partial charge is 0.224 e. The van der Waals surface area contributed by atoms with Crippen molar-refractivity contribution in [2.75, 3.05) is 25.0 Å². The number of hydrogen-bond acceptors (Lipinski definition) is 3. The Morgan fingerprint density at radius 3 is 2.81 bits per heavy atom. The van der Waals surface area contributed by atoms with Gasteiger partial charge in [-0.25, -0.2) is 9.38 Å². The Morgan fingerprint density at radius 2 is 2.06 bits per heavy atom. The zero-order valence-electron chi connectivity index (χ0n) is 18.1. The van der Waals surface area contributed by atoms with Gasteiger partial charge in [0.1, 0.15) is 18.2 Å². The SMILES string of the molecule is CCNC(=NCCOc1ccc2c(c1)CCC(=O)N2)NC(C)c1ccc(C)c(F)c1.I. The third-order valence-corrected chi connectivity index (χ3v) is 5.00. The van der Waals surface area contributed by atoms with Crippen LogP contribution < -0.4 is 20.7 Å². The highest BCUT2D eigenvalue weighted by Gasteiger charge is 2.15. The molecule has 8 heteroatoms. The summed E-state index contributed by atoms with van der Waals surface area (Å²) in [6, 6.07) is 10.9. The van der Waals surface area contributed by atoms with Gasteiger partial charge in [0.2, 0.25) is 5.91 Å². The number of ether oxygens (including phenoxy) is 1. The number of nitrogens with zero attached hydrogens (tertiary/aromatic N) is 1. The molecule has 2 aromatic rings. The van der Waals surface area contributed by atoms with E-state index in [1.807, 2.05) is 38.1 Å². The van der Waals surface area contributed by atoms with E-state index in [9.17, 15) is 9.18 Å². The summed E-state index contributed by atoms with van der Waals surface area (Å²) < 4.78 is 19.7. The van der Waals surface area contributed by atoms with E-state index in [2.05, 4.69) is 20.9 Å². The molecule has 1 atom stereocenters. The molecule has 0 bridgehead atoms. The van der Waals surface area contributed by atoms with Crippen molar-refractivity contribution < 1.29 is 13.9 Å². The number of aryl methyl sites for hydroxylation is 2. The van der Waals surface area contributed by atoms with E-state index in [1.54, 1.807) is 19.1 Å². The van der Waals surface area contributed by atoms with Crippen molar-refractivity contribution in [3.63, 3.8) is 0 Å². The normalized spacial score (nSPS) is 14.1. The molecule has 6 nitrogen and oxygen atoms in total. The second-order valence-corrected chi connectivity index (χ2v) is 7.35. The molecular formula is C23H30FIN4O2. The Bertz CT molecular complexity index is 936. The summed E-state index contributed by atoms with van der Waals surface area (Å²) in [5, 5.41) is 9.37. The molecule has 1 aliphatic rings. The molecule has 31 heavy (non-hydrogen) atoms. The lowest BCUT2D eigenvalue weighted by Gasteiger charge is -2.19. The molecule has 3 rings (SSSR count). The number of halogens is 2. The van der Waals surface area contributed by atoms with E-state index in [-0.39, 0.29) is 41.7 Å². The van der Waals surface area contributed by atoms with Crippen LogP contribution in [-0.4, -0.2) is 31.6 Å². The van der Waals surface area contributed by atoms with Crippen molar-refractivity contribution in [1.82, 2.24) is 10.6 Å². The molecule has 0 spiro atoms. The van der Waals surface area contributed by atoms with E-state index < -0.39 is 0 Å². The first-order valence-corrected chi connectivity index (χ1v) is 10.3. The largest absolute Gasteiger partial charge is 0.492 e. The summed E-state index contributed by atoms with van der Waals surface area (Å²) in [5.74, 6) is 1.27. The third kappa shape index (κ3) is 7.09. The van der Waals surface area contributed by atoms with Gasteiger partial charge in [-0.05, 0) is 68.1 Å². The van der Waals surface area contributed by atoms with Crippen molar-refractivity contribution >= 4 is 41.5 Å². The number of rotatable bonds is 7. The Kier molecular flexibility index (Phi) is 9.54. The van der Waals surface area contributed by atoms with E-state index in [0.717, 1.165) is 35.5 Å². The number of carbonyl (C=O) groups is 1. The van der Waals surface area contributed by atoms with E-state index in [0.29, 0.717) is 31.1 Å². The third-order valence-electron chi connectivity index (χ3n) is 5.00. The maximum absolute atomic E-state index is 13.8. The standard InChI is InChI=1S/C23H29FN4O2.HI/c1-4-25-23(27-16(3)17-6-5-15(2)20(24)14-17)26-11-12-30-19-8-9-21-18(13-19)7-10-22(29)28-21;/h5-6,8-9,13-14,16H,4,7,10-12H2,1-3H3,(H,28,29)(H2,25,26,27);1H. The Hall–Kier alpha value is -2.36. The number of nitrogens with one attached hydrogen (secondary N) is 3. The quantitative estimate of drug-likeness (QED) is 0.212. The molecule has 0 fully saturated rings. The van der Waals surface area contributed by atoms with Gasteiger partial charge in [0.15, 0.2) is 5.96 Å². The van der Waals surface area contributed by atoms with E-state index >= 15 is 0 Å². The van der Waals surface area contributed by atoms with Crippen molar-refractivity contribution in [3.8, 4) is 5.75 Å². The highest BCUT2D eigenvalue weighted by Crippen LogP contribution is 2.26. The molecule has 1 unspecified atom stereocenters. The second-order valence-electron chi connectivity index (χ2n) is 7.35. The minimum atomic E-state index is -0.207. The van der Waals surface area contributed by atoms with Gasteiger partial charge in [-0.15, -0.1) is 24.0 Å². The van der Waals surface area contributed by atoms with Gasteiger partial charge in [-0.2, -0.15) is 0 Å². The van der Waals surface area contributed by atoms with Crippen molar-refractivity contribution in [2.24, 2.45) is 4.99 Å². The topological polar surface area (TPSA) is 74.8 Å². The molecule has 1 amide bonds. The molecule has 0 aromatic heterocycles. The van der Waals surface area contributed by atoms with E-state index in [4.69, 9.17) is 4.74 Å². The van der Waals surface area contributed by atoms with Crippen LogP contribution in [-0.2, 0) is 11.2 Å². The van der Waals surface area contributed by atoms with Gasteiger partial charge in [0.25, 0.3) is 0 Å². The molecule has 1 aliphatic heterocycles. The summed E-state index contributed by atoms with van der Waals surface area (Å²) in [6.45, 7) is 7.34. The lowest BCUT2D eigenvalue weighted by atomic mass is 10.0. The molecule has 168 valence electrons. The first-order valence-electron chi connectivity index (χ1n) is 10.3. The molecule has 2 aromatic carbocycles. The summed E-state index contributed by atoms with van der Waals surface area (Å²) in [4.78, 5) is 16.0.